The van der Waals surface area contributed by atoms with Gasteiger partial charge in [-0.15, -0.1) is 0 Å². The van der Waals surface area contributed by atoms with Crippen molar-refractivity contribution in [3.05, 3.63) is 90.3 Å². The topological polar surface area (TPSA) is 83.7 Å². The Balaban J connectivity index is 1.39. The number of nitrogens with zero attached hydrogens (tertiary/aromatic N) is 7. The molecule has 0 bridgehead atoms. The first-order valence-corrected chi connectivity index (χ1v) is 12.3. The molecule has 4 heterocycles. The number of nitriles is 1. The molecule has 186 valence electrons. The number of aryl methyl sites for hydroxylation is 1. The summed E-state index contributed by atoms with van der Waals surface area (Å²) >= 11 is 0. The minimum absolute atomic E-state index is 0.191. The highest BCUT2D eigenvalue weighted by molar-refractivity contribution is 5.84. The number of benzene rings is 1. The average molecular weight is 492 g/mol. The monoisotopic (exact) mass is 491 g/mol. The second-order valence-electron chi connectivity index (χ2n) is 9.16. The third-order valence-corrected chi connectivity index (χ3v) is 6.65. The molecule has 3 aromatic heterocycles. The number of pyridine rings is 1. The third kappa shape index (κ3) is 5.16. The molecule has 1 fully saturated rings. The molecule has 1 saturated heterocycles. The van der Waals surface area contributed by atoms with Gasteiger partial charge >= 0.3 is 0 Å². The van der Waals surface area contributed by atoms with Crippen LogP contribution >= 0.6 is 0 Å². The zero-order chi connectivity index (χ0) is 25.8. The maximum absolute atomic E-state index is 9.67. The SMILES string of the molecule is C=N/C(=C\C=C(/C)c1cc(-c2cnn(C)c2)cn2ncc(C#N)c12)N1CCC(Oc2ccccc2)CC1. The van der Waals surface area contributed by atoms with Crippen LogP contribution in [0.25, 0.3) is 22.2 Å². The van der Waals surface area contributed by atoms with Gasteiger partial charge in [0.2, 0.25) is 0 Å². The molecule has 1 aliphatic rings. The molecule has 4 aromatic rings. The van der Waals surface area contributed by atoms with Crippen molar-refractivity contribution in [2.75, 3.05) is 13.1 Å². The molecule has 0 aliphatic carbocycles. The highest BCUT2D eigenvalue weighted by Gasteiger charge is 2.21. The van der Waals surface area contributed by atoms with Crippen LogP contribution in [0.1, 0.15) is 30.9 Å². The summed E-state index contributed by atoms with van der Waals surface area (Å²) in [6, 6.07) is 14.3. The summed E-state index contributed by atoms with van der Waals surface area (Å²) in [6.45, 7) is 7.54. The van der Waals surface area contributed by atoms with Crippen LogP contribution in [0.15, 0.2) is 84.2 Å². The number of aliphatic imine (C=N–C) groups is 1. The summed E-state index contributed by atoms with van der Waals surface area (Å²) < 4.78 is 9.67. The molecule has 0 radical (unpaired) electrons. The lowest BCUT2D eigenvalue weighted by molar-refractivity contribution is 0.117. The van der Waals surface area contributed by atoms with Gasteiger partial charge < -0.3 is 9.64 Å². The second kappa shape index (κ2) is 10.5. The van der Waals surface area contributed by atoms with Crippen molar-refractivity contribution in [3.63, 3.8) is 0 Å². The Morgan fingerprint density at radius 1 is 1.11 bits per heavy atom. The van der Waals surface area contributed by atoms with E-state index in [0.29, 0.717) is 5.56 Å². The van der Waals surface area contributed by atoms with Gasteiger partial charge in [0.15, 0.2) is 0 Å². The van der Waals surface area contributed by atoms with Crippen molar-refractivity contribution in [2.24, 2.45) is 12.0 Å². The number of ether oxygens (including phenoxy) is 1. The van der Waals surface area contributed by atoms with E-state index >= 15 is 0 Å². The normalized spacial score (nSPS) is 15.1. The quantitative estimate of drug-likeness (QED) is 0.265. The van der Waals surface area contributed by atoms with Crippen LogP contribution in [0.5, 0.6) is 5.75 Å². The molecule has 1 aliphatic heterocycles. The summed E-state index contributed by atoms with van der Waals surface area (Å²) in [5, 5.41) is 18.4. The molecule has 0 saturated carbocycles. The maximum atomic E-state index is 9.67. The van der Waals surface area contributed by atoms with Gasteiger partial charge in [-0.1, -0.05) is 24.3 Å². The number of aromatic nitrogens is 4. The van der Waals surface area contributed by atoms with Gasteiger partial charge in [0.1, 0.15) is 23.7 Å². The molecule has 8 heteroatoms. The fourth-order valence-corrected chi connectivity index (χ4v) is 4.67. The molecule has 0 amide bonds. The lowest BCUT2D eigenvalue weighted by Crippen LogP contribution is -2.37. The standard InChI is InChI=1S/C29H29N7O/c1-21(9-10-28(31-2)35-13-11-26(12-14-35)37-25-7-5-4-6-8-25)27-15-22(24-18-32-34(3)19-24)20-36-29(27)23(16-30)17-33-36/h4-10,15,17-20,26H,2,11-14H2,1,3H3/b21-9+,28-10+. The van der Waals surface area contributed by atoms with Gasteiger partial charge in [0.05, 0.1) is 23.5 Å². The first kappa shape index (κ1) is 24.1. The minimum atomic E-state index is 0.191. The fraction of sp³-hybridized carbons (Fsp3) is 0.241. The zero-order valence-corrected chi connectivity index (χ0v) is 21.1. The maximum Gasteiger partial charge on any atom is 0.127 e. The number of rotatable bonds is 7. The zero-order valence-electron chi connectivity index (χ0n) is 21.1. The third-order valence-electron chi connectivity index (χ3n) is 6.65. The van der Waals surface area contributed by atoms with Gasteiger partial charge in [0, 0.05) is 62.1 Å². The predicted octanol–water partition coefficient (Wildman–Crippen LogP) is 5.10. The van der Waals surface area contributed by atoms with Crippen molar-refractivity contribution in [1.82, 2.24) is 24.3 Å². The Bertz CT molecular complexity index is 1510. The van der Waals surface area contributed by atoms with Gasteiger partial charge in [-0.2, -0.15) is 15.5 Å². The highest BCUT2D eigenvalue weighted by atomic mass is 16.5. The fourth-order valence-electron chi connectivity index (χ4n) is 4.67. The Hall–Kier alpha value is -4.64. The van der Waals surface area contributed by atoms with Gasteiger partial charge in [-0.3, -0.25) is 4.68 Å². The Kier molecular flexibility index (Phi) is 6.86. The van der Waals surface area contributed by atoms with Gasteiger partial charge in [0.25, 0.3) is 0 Å². The Morgan fingerprint density at radius 2 is 1.89 bits per heavy atom. The average Bonchev–Trinajstić information content (AvgIpc) is 3.55. The first-order chi connectivity index (χ1) is 18.1. The summed E-state index contributed by atoms with van der Waals surface area (Å²) in [6.07, 6.45) is 13.4. The summed E-state index contributed by atoms with van der Waals surface area (Å²) in [4.78, 5) is 6.55. The molecule has 0 unspecified atom stereocenters. The number of allylic oxidation sites excluding steroid dienone is 3. The molecular formula is C29H29N7O. The van der Waals surface area contributed by atoms with E-state index in [-0.39, 0.29) is 6.10 Å². The summed E-state index contributed by atoms with van der Waals surface area (Å²) in [5.74, 6) is 1.74. The number of hydrogen-bond donors (Lipinski definition) is 0. The number of likely N-dealkylation sites (tertiary alicyclic amines) is 1. The molecule has 1 aromatic carbocycles. The molecule has 37 heavy (non-hydrogen) atoms. The van der Waals surface area contributed by atoms with Crippen molar-refractivity contribution < 1.29 is 4.74 Å². The van der Waals surface area contributed by atoms with Crippen LogP contribution in [0.4, 0.5) is 0 Å². The van der Waals surface area contributed by atoms with Crippen molar-refractivity contribution in [1.29, 1.82) is 5.26 Å². The van der Waals surface area contributed by atoms with Crippen LogP contribution in [0.3, 0.4) is 0 Å². The van der Waals surface area contributed by atoms with Crippen LogP contribution in [-0.4, -0.2) is 50.2 Å². The van der Waals surface area contributed by atoms with E-state index in [2.05, 4.69) is 38.9 Å². The lowest BCUT2D eigenvalue weighted by Gasteiger charge is -2.33. The number of para-hydroxylation sites is 1. The van der Waals surface area contributed by atoms with Crippen molar-refractivity contribution in [3.8, 4) is 22.9 Å². The number of piperidine rings is 1. The van der Waals surface area contributed by atoms with E-state index in [4.69, 9.17) is 4.74 Å². The van der Waals surface area contributed by atoms with E-state index in [9.17, 15) is 5.26 Å². The Labute approximate surface area is 216 Å². The van der Waals surface area contributed by atoms with Crippen LogP contribution in [0, 0.1) is 11.3 Å². The molecule has 0 spiro atoms. The van der Waals surface area contributed by atoms with E-state index in [1.165, 1.54) is 0 Å². The number of hydrogen-bond acceptors (Lipinski definition) is 6. The predicted molar refractivity (Wildman–Crippen MR) is 145 cm³/mol. The minimum Gasteiger partial charge on any atom is -0.490 e. The molecular weight excluding hydrogens is 462 g/mol. The van der Waals surface area contributed by atoms with E-state index < -0.39 is 0 Å². The van der Waals surface area contributed by atoms with Crippen LogP contribution < -0.4 is 4.74 Å². The first-order valence-electron chi connectivity index (χ1n) is 12.3. The lowest BCUT2D eigenvalue weighted by atomic mass is 10.0. The van der Waals surface area contributed by atoms with Crippen LogP contribution in [0.2, 0.25) is 0 Å². The molecule has 0 atom stereocenters. The molecule has 5 rings (SSSR count). The molecule has 8 nitrogen and oxygen atoms in total. The summed E-state index contributed by atoms with van der Waals surface area (Å²) in [5.41, 5.74) is 5.21. The van der Waals surface area contributed by atoms with E-state index in [1.54, 1.807) is 15.4 Å². The summed E-state index contributed by atoms with van der Waals surface area (Å²) in [7, 11) is 1.89. The Morgan fingerprint density at radius 3 is 2.57 bits per heavy atom. The molecule has 0 N–H and O–H groups in total. The largest absolute Gasteiger partial charge is 0.490 e. The van der Waals surface area contributed by atoms with E-state index in [0.717, 1.165) is 65.3 Å². The van der Waals surface area contributed by atoms with Gasteiger partial charge in [-0.25, -0.2) is 9.51 Å². The van der Waals surface area contributed by atoms with Crippen molar-refractivity contribution in [2.45, 2.75) is 25.9 Å². The van der Waals surface area contributed by atoms with Gasteiger partial charge in [-0.05, 0) is 43.5 Å². The van der Waals surface area contributed by atoms with Crippen LogP contribution in [-0.2, 0) is 7.05 Å². The second-order valence-corrected chi connectivity index (χ2v) is 9.16. The van der Waals surface area contributed by atoms with Crippen molar-refractivity contribution >= 4 is 17.8 Å². The number of fused-ring (bicyclic) bond motifs is 1. The smallest absolute Gasteiger partial charge is 0.127 e. The highest BCUT2D eigenvalue weighted by Crippen LogP contribution is 2.29. The van der Waals surface area contributed by atoms with E-state index in [1.807, 2.05) is 75.0 Å².